The van der Waals surface area contributed by atoms with Crippen LogP contribution in [-0.4, -0.2) is 20.3 Å². The molecule has 0 spiro atoms. The molecule has 0 aliphatic carbocycles. The smallest absolute Gasteiger partial charge is 0.0650 e. The van der Waals surface area contributed by atoms with Gasteiger partial charge in [0.1, 0.15) is 0 Å². The fourth-order valence-corrected chi connectivity index (χ4v) is 1.55. The number of benzene rings is 1. The van der Waals surface area contributed by atoms with Gasteiger partial charge in [0.25, 0.3) is 0 Å². The first kappa shape index (κ1) is 14.7. The molecule has 1 aromatic carbocycles. The molecule has 0 aliphatic heterocycles. The molecule has 0 aromatic heterocycles. The van der Waals surface area contributed by atoms with Crippen LogP contribution in [0.25, 0.3) is 6.08 Å². The van der Waals surface area contributed by atoms with Crippen LogP contribution in [0.5, 0.6) is 0 Å². The summed E-state index contributed by atoms with van der Waals surface area (Å²) in [5, 5.41) is 3.23. The number of hydrogen-bond donors (Lipinski definition) is 1. The summed E-state index contributed by atoms with van der Waals surface area (Å²) in [6.45, 7) is 5.59. The van der Waals surface area contributed by atoms with Crippen molar-refractivity contribution in [3.8, 4) is 0 Å². The van der Waals surface area contributed by atoms with Crippen molar-refractivity contribution in [1.29, 1.82) is 0 Å². The highest BCUT2D eigenvalue weighted by Crippen LogP contribution is 2.13. The third-order valence-corrected chi connectivity index (χ3v) is 2.82. The molecule has 0 radical (unpaired) electrons. The molecule has 0 fully saturated rings. The van der Waals surface area contributed by atoms with Gasteiger partial charge in [-0.05, 0) is 32.0 Å². The van der Waals surface area contributed by atoms with Crippen LogP contribution in [0.2, 0.25) is 0 Å². The van der Waals surface area contributed by atoms with Crippen LogP contribution in [0.1, 0.15) is 31.0 Å². The Balaban J connectivity index is 2.48. The lowest BCUT2D eigenvalue weighted by Gasteiger charge is -2.10. The Labute approximate surface area is 110 Å². The molecular formula is C16H23NO. The number of allylic oxidation sites excluding steroid dienone is 2. The number of nitrogens with one attached hydrogen (secondary N) is 1. The first-order chi connectivity index (χ1) is 8.77. The van der Waals surface area contributed by atoms with Crippen LogP contribution in [0.3, 0.4) is 0 Å². The van der Waals surface area contributed by atoms with Crippen LogP contribution in [0.15, 0.2) is 42.5 Å². The number of rotatable bonds is 7. The van der Waals surface area contributed by atoms with Crippen LogP contribution in [0, 0.1) is 0 Å². The molecule has 98 valence electrons. The van der Waals surface area contributed by atoms with Crippen molar-refractivity contribution >= 4 is 6.08 Å². The normalized spacial score (nSPS) is 13.5. The summed E-state index contributed by atoms with van der Waals surface area (Å²) < 4.78 is 5.21. The summed E-state index contributed by atoms with van der Waals surface area (Å²) in [5.74, 6) is 0. The average Bonchev–Trinajstić information content (AvgIpc) is 2.42. The van der Waals surface area contributed by atoms with Crippen molar-refractivity contribution in [3.63, 3.8) is 0 Å². The van der Waals surface area contributed by atoms with Gasteiger partial charge < -0.3 is 10.1 Å². The lowest BCUT2D eigenvalue weighted by molar-refractivity contribution is 0.177. The third-order valence-electron chi connectivity index (χ3n) is 2.82. The molecule has 1 unspecified atom stereocenters. The molecule has 1 atom stereocenters. The molecule has 2 nitrogen and oxygen atoms in total. The minimum atomic E-state index is 0.397. The van der Waals surface area contributed by atoms with Crippen LogP contribution in [-0.2, 0) is 4.74 Å². The third kappa shape index (κ3) is 5.30. The van der Waals surface area contributed by atoms with Crippen molar-refractivity contribution in [3.05, 3.63) is 53.6 Å². The Bertz CT molecular complexity index is 379. The van der Waals surface area contributed by atoms with Gasteiger partial charge in [-0.2, -0.15) is 0 Å². The summed E-state index contributed by atoms with van der Waals surface area (Å²) in [4.78, 5) is 0. The molecule has 0 bridgehead atoms. The second-order valence-corrected chi connectivity index (χ2v) is 4.12. The molecule has 0 saturated heterocycles. The van der Waals surface area contributed by atoms with E-state index in [0.29, 0.717) is 12.6 Å². The summed E-state index contributed by atoms with van der Waals surface area (Å²) in [7, 11) is 1.97. The summed E-state index contributed by atoms with van der Waals surface area (Å²) in [5.41, 5.74) is 2.52. The van der Waals surface area contributed by atoms with E-state index < -0.39 is 0 Å². The molecule has 0 heterocycles. The lowest BCUT2D eigenvalue weighted by atomic mass is 10.1. The molecule has 0 saturated carbocycles. The van der Waals surface area contributed by atoms with Gasteiger partial charge in [-0.1, -0.05) is 48.6 Å². The van der Waals surface area contributed by atoms with Gasteiger partial charge in [0.2, 0.25) is 0 Å². The summed E-state index contributed by atoms with van der Waals surface area (Å²) >= 11 is 0. The molecule has 1 rings (SSSR count). The van der Waals surface area contributed by atoms with Crippen molar-refractivity contribution < 1.29 is 4.74 Å². The zero-order valence-electron chi connectivity index (χ0n) is 11.5. The van der Waals surface area contributed by atoms with Gasteiger partial charge in [-0.25, -0.2) is 0 Å². The van der Waals surface area contributed by atoms with E-state index in [-0.39, 0.29) is 0 Å². The quantitative estimate of drug-likeness (QED) is 0.585. The van der Waals surface area contributed by atoms with E-state index in [1.54, 1.807) is 0 Å². The van der Waals surface area contributed by atoms with Crippen LogP contribution < -0.4 is 5.32 Å². The highest BCUT2D eigenvalue weighted by molar-refractivity contribution is 5.51. The van der Waals surface area contributed by atoms with Gasteiger partial charge in [0.05, 0.1) is 6.61 Å². The predicted octanol–water partition coefficient (Wildman–Crippen LogP) is 3.57. The van der Waals surface area contributed by atoms with Gasteiger partial charge in [-0.15, -0.1) is 0 Å². The highest BCUT2D eigenvalue weighted by atomic mass is 16.5. The molecule has 2 heteroatoms. The van der Waals surface area contributed by atoms with Gasteiger partial charge in [0.15, 0.2) is 0 Å². The van der Waals surface area contributed by atoms with Crippen molar-refractivity contribution in [2.24, 2.45) is 0 Å². The van der Waals surface area contributed by atoms with E-state index in [4.69, 9.17) is 4.74 Å². The second kappa shape index (κ2) is 8.67. The first-order valence-electron chi connectivity index (χ1n) is 6.46. The second-order valence-electron chi connectivity index (χ2n) is 4.12. The monoisotopic (exact) mass is 245 g/mol. The van der Waals surface area contributed by atoms with Crippen LogP contribution >= 0.6 is 0 Å². The van der Waals surface area contributed by atoms with Crippen molar-refractivity contribution in [2.45, 2.75) is 19.9 Å². The fourth-order valence-electron chi connectivity index (χ4n) is 1.55. The molecule has 1 N–H and O–H groups in total. The molecular weight excluding hydrogens is 222 g/mol. The number of ether oxygens (including phenoxy) is 1. The SMILES string of the molecule is CCOCC=CC=Cc1ccc(C(C)NC)cc1. The van der Waals surface area contributed by atoms with Crippen molar-refractivity contribution in [2.75, 3.05) is 20.3 Å². The fraction of sp³-hybridized carbons (Fsp3) is 0.375. The van der Waals surface area contributed by atoms with E-state index >= 15 is 0 Å². The predicted molar refractivity (Wildman–Crippen MR) is 78.6 cm³/mol. The highest BCUT2D eigenvalue weighted by Gasteiger charge is 2.00. The van der Waals surface area contributed by atoms with E-state index in [1.165, 1.54) is 11.1 Å². The average molecular weight is 245 g/mol. The Hall–Kier alpha value is -1.38. The topological polar surface area (TPSA) is 21.3 Å². The van der Waals surface area contributed by atoms with Crippen LogP contribution in [0.4, 0.5) is 0 Å². The van der Waals surface area contributed by atoms with E-state index in [9.17, 15) is 0 Å². The Morgan fingerprint density at radius 1 is 1.22 bits per heavy atom. The maximum Gasteiger partial charge on any atom is 0.0650 e. The van der Waals surface area contributed by atoms with Gasteiger partial charge >= 0.3 is 0 Å². The minimum absolute atomic E-state index is 0.397. The Kier molecular flexibility index (Phi) is 7.07. The molecule has 0 aliphatic rings. The summed E-state index contributed by atoms with van der Waals surface area (Å²) in [6.07, 6.45) is 8.16. The van der Waals surface area contributed by atoms with Crippen molar-refractivity contribution in [1.82, 2.24) is 5.32 Å². The van der Waals surface area contributed by atoms with E-state index in [0.717, 1.165) is 6.61 Å². The number of hydrogen-bond acceptors (Lipinski definition) is 2. The maximum atomic E-state index is 5.21. The Morgan fingerprint density at radius 2 is 1.94 bits per heavy atom. The Morgan fingerprint density at radius 3 is 2.56 bits per heavy atom. The minimum Gasteiger partial charge on any atom is -0.378 e. The first-order valence-corrected chi connectivity index (χ1v) is 6.46. The zero-order chi connectivity index (χ0) is 13.2. The lowest BCUT2D eigenvalue weighted by Crippen LogP contribution is -2.11. The largest absolute Gasteiger partial charge is 0.378 e. The van der Waals surface area contributed by atoms with E-state index in [1.807, 2.05) is 32.2 Å². The van der Waals surface area contributed by atoms with E-state index in [2.05, 4.69) is 42.6 Å². The van der Waals surface area contributed by atoms with Gasteiger partial charge in [0, 0.05) is 12.6 Å². The molecule has 0 amide bonds. The zero-order valence-corrected chi connectivity index (χ0v) is 11.5. The van der Waals surface area contributed by atoms with Gasteiger partial charge in [-0.3, -0.25) is 0 Å². The molecule has 1 aromatic rings. The maximum absolute atomic E-state index is 5.21. The molecule has 18 heavy (non-hydrogen) atoms. The summed E-state index contributed by atoms with van der Waals surface area (Å²) in [6, 6.07) is 8.98. The standard InChI is InChI=1S/C16H23NO/c1-4-18-13-7-5-6-8-15-9-11-16(12-10-15)14(2)17-3/h5-12,14,17H,4,13H2,1-3H3.